The van der Waals surface area contributed by atoms with Crippen LogP contribution in [-0.2, 0) is 4.79 Å². The molecule has 1 N–H and O–H groups in total. The summed E-state index contributed by atoms with van der Waals surface area (Å²) in [6.07, 6.45) is 5.46. The van der Waals surface area contributed by atoms with Gasteiger partial charge in [0.25, 0.3) is 0 Å². The Morgan fingerprint density at radius 1 is 1.56 bits per heavy atom. The molecule has 1 heterocycles. The van der Waals surface area contributed by atoms with E-state index < -0.39 is 0 Å². The van der Waals surface area contributed by atoms with E-state index in [-0.39, 0.29) is 12.4 Å². The van der Waals surface area contributed by atoms with Crippen molar-refractivity contribution >= 4 is 5.78 Å². The van der Waals surface area contributed by atoms with Gasteiger partial charge < -0.3 is 10.0 Å². The highest BCUT2D eigenvalue weighted by atomic mass is 16.3. The molecule has 0 bridgehead atoms. The number of ketones is 1. The quantitative estimate of drug-likeness (QED) is 0.772. The minimum absolute atomic E-state index is 0.0736. The zero-order valence-corrected chi connectivity index (χ0v) is 9.99. The van der Waals surface area contributed by atoms with Gasteiger partial charge in [0.1, 0.15) is 0 Å². The Labute approximate surface area is 96.8 Å². The molecule has 0 aliphatic carbocycles. The maximum atomic E-state index is 11.5. The van der Waals surface area contributed by atoms with Gasteiger partial charge in [0.2, 0.25) is 0 Å². The molecule has 0 unspecified atom stereocenters. The van der Waals surface area contributed by atoms with Crippen LogP contribution >= 0.6 is 0 Å². The fourth-order valence-corrected chi connectivity index (χ4v) is 1.86. The molecule has 0 aromatic carbocycles. The van der Waals surface area contributed by atoms with E-state index in [9.17, 15) is 4.79 Å². The van der Waals surface area contributed by atoms with Crippen LogP contribution in [0.15, 0.2) is 35.7 Å². The summed E-state index contributed by atoms with van der Waals surface area (Å²) in [5, 5.41) is 8.93. The van der Waals surface area contributed by atoms with Crippen LogP contribution in [0.1, 0.15) is 26.7 Å². The molecule has 0 aromatic heterocycles. The van der Waals surface area contributed by atoms with E-state index >= 15 is 0 Å². The maximum Gasteiger partial charge on any atom is 0.160 e. The van der Waals surface area contributed by atoms with E-state index in [2.05, 4.69) is 13.5 Å². The van der Waals surface area contributed by atoms with Crippen LogP contribution in [0.3, 0.4) is 0 Å². The van der Waals surface area contributed by atoms with E-state index in [4.69, 9.17) is 5.11 Å². The largest absolute Gasteiger partial charge is 0.395 e. The number of hydrogen-bond acceptors (Lipinski definition) is 3. The molecule has 16 heavy (non-hydrogen) atoms. The Balaban J connectivity index is 3.01. The molecule has 3 nitrogen and oxygen atoms in total. The van der Waals surface area contributed by atoms with E-state index in [1.165, 1.54) is 0 Å². The van der Waals surface area contributed by atoms with Crippen LogP contribution < -0.4 is 0 Å². The fourth-order valence-electron chi connectivity index (χ4n) is 1.86. The lowest BCUT2D eigenvalue weighted by molar-refractivity contribution is -0.113. The number of allylic oxidation sites excluding steroid dienone is 3. The predicted octanol–water partition coefficient (Wildman–Crippen LogP) is 2.01. The molecule has 0 fully saturated rings. The summed E-state index contributed by atoms with van der Waals surface area (Å²) < 4.78 is 0. The normalized spacial score (nSPS) is 15.9. The molecule has 88 valence electrons. The van der Waals surface area contributed by atoms with E-state index in [1.54, 1.807) is 6.92 Å². The van der Waals surface area contributed by atoms with Crippen molar-refractivity contribution in [3.05, 3.63) is 35.7 Å². The second kappa shape index (κ2) is 5.66. The molecule has 1 aliphatic heterocycles. The average Bonchev–Trinajstić information content (AvgIpc) is 2.24. The first-order chi connectivity index (χ1) is 7.61. The highest BCUT2D eigenvalue weighted by molar-refractivity contribution is 5.97. The Kier molecular flexibility index (Phi) is 4.50. The molecule has 1 aliphatic rings. The summed E-state index contributed by atoms with van der Waals surface area (Å²) in [6.45, 7) is 8.25. The third-order valence-electron chi connectivity index (χ3n) is 2.66. The molecule has 0 saturated heterocycles. The highest BCUT2D eigenvalue weighted by Crippen LogP contribution is 2.27. The summed E-state index contributed by atoms with van der Waals surface area (Å²) >= 11 is 0. The van der Waals surface area contributed by atoms with Gasteiger partial charge >= 0.3 is 0 Å². The number of β-amino-alcohol motifs (C(OH)–C–C–N with tert-alkyl or cyclic N) is 1. The number of rotatable bonds is 5. The van der Waals surface area contributed by atoms with E-state index in [0.717, 1.165) is 29.7 Å². The van der Waals surface area contributed by atoms with Gasteiger partial charge in [-0.3, -0.25) is 4.79 Å². The molecule has 0 spiro atoms. The SMILES string of the molecule is C=C1C(CCC)=C(C(C)=O)C=CN1CCO. The molecular formula is C13H19NO2. The molecular weight excluding hydrogens is 202 g/mol. The van der Waals surface area contributed by atoms with Crippen LogP contribution in [-0.4, -0.2) is 28.9 Å². The highest BCUT2D eigenvalue weighted by Gasteiger charge is 2.19. The van der Waals surface area contributed by atoms with Crippen LogP contribution in [0.4, 0.5) is 0 Å². The van der Waals surface area contributed by atoms with Crippen molar-refractivity contribution in [3.63, 3.8) is 0 Å². The van der Waals surface area contributed by atoms with Gasteiger partial charge in [0.05, 0.1) is 6.61 Å². The summed E-state index contributed by atoms with van der Waals surface area (Å²) in [6, 6.07) is 0. The smallest absolute Gasteiger partial charge is 0.160 e. The van der Waals surface area contributed by atoms with Gasteiger partial charge in [0, 0.05) is 24.0 Å². The summed E-state index contributed by atoms with van der Waals surface area (Å²) in [4.78, 5) is 13.4. The molecule has 1 rings (SSSR count). The predicted molar refractivity (Wildman–Crippen MR) is 64.7 cm³/mol. The van der Waals surface area contributed by atoms with Gasteiger partial charge in [-0.05, 0) is 25.0 Å². The average molecular weight is 221 g/mol. The molecule has 3 heteroatoms. The maximum absolute atomic E-state index is 11.5. The molecule has 0 aromatic rings. The van der Waals surface area contributed by atoms with Crippen molar-refractivity contribution in [3.8, 4) is 0 Å². The van der Waals surface area contributed by atoms with Crippen LogP contribution in [0.5, 0.6) is 0 Å². The zero-order chi connectivity index (χ0) is 12.1. The number of aliphatic hydroxyl groups excluding tert-OH is 1. The minimum atomic E-state index is 0.0736. The van der Waals surface area contributed by atoms with Crippen molar-refractivity contribution in [1.82, 2.24) is 4.90 Å². The Bertz CT molecular complexity index is 353. The van der Waals surface area contributed by atoms with Crippen molar-refractivity contribution < 1.29 is 9.90 Å². The lowest BCUT2D eigenvalue weighted by Gasteiger charge is -2.28. The van der Waals surface area contributed by atoms with Gasteiger partial charge in [-0.1, -0.05) is 19.9 Å². The van der Waals surface area contributed by atoms with E-state index in [0.29, 0.717) is 6.54 Å². The summed E-state index contributed by atoms with van der Waals surface area (Å²) in [5.74, 6) is 0.0736. The Morgan fingerprint density at radius 2 is 2.25 bits per heavy atom. The topological polar surface area (TPSA) is 40.5 Å². The number of Topliss-reactive ketones (excluding diaryl/α,β-unsaturated/α-hetero) is 1. The second-order valence-corrected chi connectivity index (χ2v) is 3.88. The van der Waals surface area contributed by atoms with Crippen molar-refractivity contribution in [2.24, 2.45) is 0 Å². The zero-order valence-electron chi connectivity index (χ0n) is 9.99. The van der Waals surface area contributed by atoms with E-state index in [1.807, 2.05) is 17.2 Å². The van der Waals surface area contributed by atoms with Crippen molar-refractivity contribution in [1.29, 1.82) is 0 Å². The number of carbonyl (C=O) groups is 1. The van der Waals surface area contributed by atoms with Crippen molar-refractivity contribution in [2.45, 2.75) is 26.7 Å². The van der Waals surface area contributed by atoms with Gasteiger partial charge in [-0.25, -0.2) is 0 Å². The second-order valence-electron chi connectivity index (χ2n) is 3.88. The third-order valence-corrected chi connectivity index (χ3v) is 2.66. The first-order valence-electron chi connectivity index (χ1n) is 5.60. The molecule has 0 atom stereocenters. The first kappa shape index (κ1) is 12.7. The van der Waals surface area contributed by atoms with Gasteiger partial charge in [-0.2, -0.15) is 0 Å². The Hall–Kier alpha value is -1.35. The molecule has 0 radical (unpaired) electrons. The number of carbonyl (C=O) groups excluding carboxylic acids is 1. The summed E-state index contributed by atoms with van der Waals surface area (Å²) in [5.41, 5.74) is 2.59. The molecule has 0 saturated carbocycles. The number of aliphatic hydroxyl groups is 1. The van der Waals surface area contributed by atoms with Gasteiger partial charge in [-0.15, -0.1) is 0 Å². The van der Waals surface area contributed by atoms with Crippen molar-refractivity contribution in [2.75, 3.05) is 13.2 Å². The summed E-state index contributed by atoms with van der Waals surface area (Å²) in [7, 11) is 0. The van der Waals surface area contributed by atoms with Crippen LogP contribution in [0, 0.1) is 0 Å². The fraction of sp³-hybridized carbons (Fsp3) is 0.462. The molecule has 0 amide bonds. The number of hydrogen-bond donors (Lipinski definition) is 1. The first-order valence-corrected chi connectivity index (χ1v) is 5.60. The minimum Gasteiger partial charge on any atom is -0.395 e. The third kappa shape index (κ3) is 2.61. The Morgan fingerprint density at radius 3 is 2.75 bits per heavy atom. The standard InChI is InChI=1S/C13H19NO2/c1-4-5-12-10(2)14(8-9-15)7-6-13(12)11(3)16/h6-7,15H,2,4-5,8-9H2,1,3H3. The van der Waals surface area contributed by atoms with Gasteiger partial charge in [0.15, 0.2) is 5.78 Å². The number of nitrogens with zero attached hydrogens (tertiary/aromatic N) is 1. The van der Waals surface area contributed by atoms with Crippen LogP contribution in [0.2, 0.25) is 0 Å². The monoisotopic (exact) mass is 221 g/mol. The lowest BCUT2D eigenvalue weighted by atomic mass is 9.95. The lowest BCUT2D eigenvalue weighted by Crippen LogP contribution is -2.25. The van der Waals surface area contributed by atoms with Crippen LogP contribution in [0.25, 0.3) is 0 Å².